The fraction of sp³-hybridized carbons (Fsp3) is 0.379. The molecule has 0 amide bonds. The topological polar surface area (TPSA) is 30.0 Å². The van der Waals surface area contributed by atoms with Crippen LogP contribution in [0, 0.1) is 17.2 Å². The van der Waals surface area contributed by atoms with E-state index in [2.05, 4.69) is 70.2 Å². The summed E-state index contributed by atoms with van der Waals surface area (Å²) in [4.78, 5) is 2.53. The van der Waals surface area contributed by atoms with Gasteiger partial charge in [0.2, 0.25) is 5.69 Å². The number of para-hydroxylation sites is 2. The molecule has 160 valence electrons. The second-order valence-electron chi connectivity index (χ2n) is 9.57. The van der Waals surface area contributed by atoms with Gasteiger partial charge in [0.05, 0.1) is 0 Å². The molecule has 1 unspecified atom stereocenters. The highest BCUT2D eigenvalue weighted by atomic mass is 15.1. The molecule has 3 nitrogen and oxygen atoms in total. The first kappa shape index (κ1) is 19.6. The number of anilines is 1. The summed E-state index contributed by atoms with van der Waals surface area (Å²) in [6.07, 6.45) is 11.5. The highest BCUT2D eigenvalue weighted by molar-refractivity contribution is 6.03. The minimum absolute atomic E-state index is 0.525. The van der Waals surface area contributed by atoms with E-state index in [1.165, 1.54) is 52.3 Å². The van der Waals surface area contributed by atoms with E-state index in [1.807, 2.05) is 0 Å². The molecular weight excluding hydrogens is 390 g/mol. The summed E-state index contributed by atoms with van der Waals surface area (Å²) in [5, 5.41) is 10.3. The van der Waals surface area contributed by atoms with Crippen molar-refractivity contribution in [3.05, 3.63) is 82.6 Å². The van der Waals surface area contributed by atoms with Crippen LogP contribution in [0.5, 0.6) is 0 Å². The average Bonchev–Trinajstić information content (AvgIpc) is 2.87. The van der Waals surface area contributed by atoms with Gasteiger partial charge in [-0.15, -0.1) is 0 Å². The lowest BCUT2D eigenvalue weighted by Crippen LogP contribution is -2.33. The van der Waals surface area contributed by atoms with Crippen molar-refractivity contribution in [1.29, 1.82) is 5.26 Å². The Kier molecular flexibility index (Phi) is 4.95. The molecule has 0 bridgehead atoms. The fourth-order valence-electron chi connectivity index (χ4n) is 6.28. The maximum atomic E-state index is 10.3. The van der Waals surface area contributed by atoms with Crippen LogP contribution >= 0.6 is 0 Å². The monoisotopic (exact) mass is 420 g/mol. The summed E-state index contributed by atoms with van der Waals surface area (Å²) in [5.41, 5.74) is 10.4. The molecule has 2 aliphatic carbocycles. The summed E-state index contributed by atoms with van der Waals surface area (Å²) in [6, 6.07) is 20.3. The van der Waals surface area contributed by atoms with Gasteiger partial charge in [0.15, 0.2) is 5.71 Å². The fourth-order valence-corrected chi connectivity index (χ4v) is 6.28. The zero-order valence-electron chi connectivity index (χ0n) is 18.7. The van der Waals surface area contributed by atoms with Gasteiger partial charge in [0, 0.05) is 42.4 Å². The third kappa shape index (κ3) is 3.21. The first-order chi connectivity index (χ1) is 15.8. The Bertz CT molecular complexity index is 1210. The van der Waals surface area contributed by atoms with Crippen LogP contribution in [-0.2, 0) is 12.8 Å². The number of allylic oxidation sites excluding steroid dienone is 4. The summed E-state index contributed by atoms with van der Waals surface area (Å²) < 4.78 is 2.46. The molecule has 2 aromatic carbocycles. The van der Waals surface area contributed by atoms with Crippen LogP contribution in [0.3, 0.4) is 0 Å². The normalized spacial score (nSPS) is 24.8. The van der Waals surface area contributed by atoms with Crippen molar-refractivity contribution in [2.75, 3.05) is 18.0 Å². The van der Waals surface area contributed by atoms with Crippen LogP contribution < -0.4 is 4.90 Å². The number of hydrogen-bond acceptors (Lipinski definition) is 2. The largest absolute Gasteiger partial charge is 0.345 e. The zero-order chi connectivity index (χ0) is 21.5. The number of nitriles is 1. The molecule has 0 spiro atoms. The smallest absolute Gasteiger partial charge is 0.208 e. The number of rotatable bonds is 1. The standard InChI is InChI=1S/C29H30N3/c30-20-26-25-19-24(31-17-5-9-22-7-1-3-11-27(22)31)15-13-21(25)14-16-29(26)32-18-6-10-23-8-2-4-12-28(23)32/h1-4,7-8,11-12,19,21H,5-6,9-10,13-18H2/q+1. The second-order valence-corrected chi connectivity index (χ2v) is 9.57. The van der Waals surface area contributed by atoms with E-state index >= 15 is 0 Å². The molecular formula is C29H30N3+. The Morgan fingerprint density at radius 1 is 0.875 bits per heavy atom. The molecule has 1 atom stereocenters. The molecule has 0 saturated heterocycles. The van der Waals surface area contributed by atoms with Gasteiger partial charge in [-0.05, 0) is 67.7 Å². The number of hydrogen-bond donors (Lipinski definition) is 0. The van der Waals surface area contributed by atoms with Crippen LogP contribution in [0.4, 0.5) is 11.4 Å². The molecule has 3 heteroatoms. The van der Waals surface area contributed by atoms with Crippen LogP contribution in [0.2, 0.25) is 0 Å². The van der Waals surface area contributed by atoms with Gasteiger partial charge in [-0.1, -0.05) is 36.4 Å². The molecule has 0 aromatic heterocycles. The van der Waals surface area contributed by atoms with Crippen LogP contribution in [-0.4, -0.2) is 23.4 Å². The quantitative estimate of drug-likeness (QED) is 0.524. The minimum Gasteiger partial charge on any atom is -0.345 e. The Labute approximate surface area is 191 Å². The second kappa shape index (κ2) is 8.10. The lowest BCUT2D eigenvalue weighted by atomic mass is 9.75. The van der Waals surface area contributed by atoms with Crippen molar-refractivity contribution in [2.24, 2.45) is 5.92 Å². The highest BCUT2D eigenvalue weighted by Crippen LogP contribution is 2.42. The predicted octanol–water partition coefficient (Wildman–Crippen LogP) is 6.08. The van der Waals surface area contributed by atoms with Crippen LogP contribution in [0.15, 0.2) is 71.5 Å². The van der Waals surface area contributed by atoms with Gasteiger partial charge in [-0.2, -0.15) is 9.84 Å². The van der Waals surface area contributed by atoms with E-state index in [4.69, 9.17) is 0 Å². The molecule has 4 aliphatic rings. The minimum atomic E-state index is 0.525. The van der Waals surface area contributed by atoms with Gasteiger partial charge in [-0.25, -0.2) is 0 Å². The Morgan fingerprint density at radius 2 is 1.66 bits per heavy atom. The molecule has 32 heavy (non-hydrogen) atoms. The number of aryl methyl sites for hydroxylation is 2. The Morgan fingerprint density at radius 3 is 2.56 bits per heavy atom. The van der Waals surface area contributed by atoms with E-state index in [0.29, 0.717) is 5.92 Å². The Balaban J connectivity index is 1.47. The highest BCUT2D eigenvalue weighted by Gasteiger charge is 2.36. The third-order valence-corrected chi connectivity index (χ3v) is 7.82. The maximum Gasteiger partial charge on any atom is 0.208 e. The summed E-state index contributed by atoms with van der Waals surface area (Å²) in [6.45, 7) is 2.10. The summed E-state index contributed by atoms with van der Waals surface area (Å²) in [5.74, 6) is 0.525. The molecule has 0 N–H and O–H groups in total. The van der Waals surface area contributed by atoms with Gasteiger partial charge < -0.3 is 4.90 Å². The maximum absolute atomic E-state index is 10.3. The van der Waals surface area contributed by atoms with Crippen molar-refractivity contribution in [1.82, 2.24) is 0 Å². The molecule has 0 radical (unpaired) electrons. The van der Waals surface area contributed by atoms with E-state index in [1.54, 1.807) is 0 Å². The van der Waals surface area contributed by atoms with Crippen molar-refractivity contribution in [2.45, 2.75) is 51.4 Å². The Hall–Kier alpha value is -3.12. The first-order valence-electron chi connectivity index (χ1n) is 12.3. The zero-order valence-corrected chi connectivity index (χ0v) is 18.7. The first-order valence-corrected chi connectivity index (χ1v) is 12.3. The molecule has 0 fully saturated rings. The van der Waals surface area contributed by atoms with Crippen molar-refractivity contribution >= 4 is 17.1 Å². The SMILES string of the molecule is N#CC1=C2C=C(N3CCCc4ccccc43)CCC2CCC1=[N+]1CCCc2ccccc21. The molecule has 2 aliphatic heterocycles. The van der Waals surface area contributed by atoms with E-state index in [0.717, 1.165) is 57.2 Å². The lowest BCUT2D eigenvalue weighted by Gasteiger charge is -2.37. The van der Waals surface area contributed by atoms with Crippen LogP contribution in [0.1, 0.15) is 49.7 Å². The van der Waals surface area contributed by atoms with E-state index in [9.17, 15) is 5.26 Å². The molecule has 2 heterocycles. The number of fused-ring (bicyclic) bond motifs is 3. The van der Waals surface area contributed by atoms with Gasteiger partial charge >= 0.3 is 0 Å². The van der Waals surface area contributed by atoms with Crippen molar-refractivity contribution in [3.8, 4) is 6.07 Å². The van der Waals surface area contributed by atoms with E-state index in [-0.39, 0.29) is 0 Å². The predicted molar refractivity (Wildman–Crippen MR) is 129 cm³/mol. The third-order valence-electron chi connectivity index (χ3n) is 7.82. The van der Waals surface area contributed by atoms with Gasteiger partial charge in [0.25, 0.3) is 0 Å². The van der Waals surface area contributed by atoms with Gasteiger partial charge in [0.1, 0.15) is 18.2 Å². The van der Waals surface area contributed by atoms with Crippen molar-refractivity contribution in [3.63, 3.8) is 0 Å². The average molecular weight is 421 g/mol. The summed E-state index contributed by atoms with van der Waals surface area (Å²) in [7, 11) is 0. The number of nitrogens with zero attached hydrogens (tertiary/aromatic N) is 3. The molecule has 2 aromatic rings. The van der Waals surface area contributed by atoms with Crippen LogP contribution in [0.25, 0.3) is 0 Å². The summed E-state index contributed by atoms with van der Waals surface area (Å²) >= 11 is 0. The molecule has 6 rings (SSSR count). The number of benzene rings is 2. The lowest BCUT2D eigenvalue weighted by molar-refractivity contribution is -0.447. The van der Waals surface area contributed by atoms with Crippen molar-refractivity contribution < 1.29 is 4.58 Å². The van der Waals surface area contributed by atoms with E-state index < -0.39 is 0 Å². The van der Waals surface area contributed by atoms with Gasteiger partial charge in [-0.3, -0.25) is 0 Å². The molecule has 0 saturated carbocycles.